The fraction of sp³-hybridized carbons (Fsp3) is 0.294. The number of para-hydroxylation sites is 1. The smallest absolute Gasteiger partial charge is 0.162 e. The Balaban J connectivity index is 1.68. The quantitative estimate of drug-likeness (QED) is 0.679. The summed E-state index contributed by atoms with van der Waals surface area (Å²) < 4.78 is 2.07. The van der Waals surface area contributed by atoms with E-state index in [0.29, 0.717) is 6.67 Å². The third kappa shape index (κ3) is 1.87. The molecule has 2 aliphatic heterocycles. The first-order chi connectivity index (χ1) is 12.1. The van der Waals surface area contributed by atoms with Crippen LogP contribution < -0.4 is 10.1 Å². The van der Waals surface area contributed by atoms with Gasteiger partial charge in [0.2, 0.25) is 0 Å². The van der Waals surface area contributed by atoms with Crippen molar-refractivity contribution < 1.29 is 0 Å². The molecule has 2 aliphatic rings. The largest absolute Gasteiger partial charge is 0.283 e. The van der Waals surface area contributed by atoms with E-state index in [1.54, 1.807) is 0 Å². The minimum absolute atomic E-state index is 0.0831. The average Bonchev–Trinajstić information content (AvgIpc) is 3.31. The van der Waals surface area contributed by atoms with Crippen LogP contribution >= 0.6 is 0 Å². The van der Waals surface area contributed by atoms with Crippen molar-refractivity contribution in [3.8, 4) is 5.69 Å². The van der Waals surface area contributed by atoms with Crippen molar-refractivity contribution in [2.45, 2.75) is 26.2 Å². The predicted octanol–water partition coefficient (Wildman–Crippen LogP) is 1.85. The van der Waals surface area contributed by atoms with Gasteiger partial charge in [0.25, 0.3) is 0 Å². The molecule has 0 fully saturated rings. The van der Waals surface area contributed by atoms with Gasteiger partial charge in [-0.05, 0) is 17.3 Å². The van der Waals surface area contributed by atoms with Gasteiger partial charge in [-0.1, -0.05) is 32.9 Å². The number of benzene rings is 1. The number of aliphatic imine (C=N–C) groups is 1. The third-order valence-electron chi connectivity index (χ3n) is 4.54. The fourth-order valence-electron chi connectivity index (χ4n) is 3.34. The van der Waals surface area contributed by atoms with Crippen LogP contribution in [0.5, 0.6) is 0 Å². The number of amidine groups is 1. The van der Waals surface area contributed by atoms with Gasteiger partial charge >= 0.3 is 0 Å². The molecule has 126 valence electrons. The highest BCUT2D eigenvalue weighted by atomic mass is 15.9. The van der Waals surface area contributed by atoms with Gasteiger partial charge in [-0.15, -0.1) is 9.89 Å². The summed E-state index contributed by atoms with van der Waals surface area (Å²) >= 11 is 0. The van der Waals surface area contributed by atoms with Crippen molar-refractivity contribution >= 4 is 11.7 Å². The van der Waals surface area contributed by atoms with Gasteiger partial charge in [0.05, 0.1) is 23.8 Å². The first kappa shape index (κ1) is 14.2. The van der Waals surface area contributed by atoms with Crippen LogP contribution in [-0.4, -0.2) is 37.2 Å². The molecule has 0 radical (unpaired) electrons. The second-order valence-electron chi connectivity index (χ2n) is 7.20. The number of hydrogen-bond acceptors (Lipinski definition) is 6. The number of hydrazine groups is 1. The second-order valence-corrected chi connectivity index (χ2v) is 7.20. The van der Waals surface area contributed by atoms with Crippen LogP contribution in [0.25, 0.3) is 5.69 Å². The molecule has 0 spiro atoms. The molecule has 0 atom stereocenters. The van der Waals surface area contributed by atoms with Crippen molar-refractivity contribution in [3.63, 3.8) is 0 Å². The Labute approximate surface area is 145 Å². The zero-order chi connectivity index (χ0) is 17.2. The first-order valence-corrected chi connectivity index (χ1v) is 8.21. The maximum Gasteiger partial charge on any atom is 0.162 e. The Hall–Kier alpha value is -3.16. The number of hydrogen-bond donors (Lipinski definition) is 0. The van der Waals surface area contributed by atoms with E-state index < -0.39 is 0 Å². The lowest BCUT2D eigenvalue weighted by atomic mass is 9.93. The van der Waals surface area contributed by atoms with Gasteiger partial charge < -0.3 is 0 Å². The fourth-order valence-corrected chi connectivity index (χ4v) is 3.34. The van der Waals surface area contributed by atoms with E-state index in [4.69, 9.17) is 4.99 Å². The number of nitrogens with zero attached hydrogens (tertiary/aromatic N) is 8. The lowest BCUT2D eigenvalue weighted by Gasteiger charge is -2.36. The van der Waals surface area contributed by atoms with E-state index >= 15 is 0 Å². The van der Waals surface area contributed by atoms with Gasteiger partial charge in [0.15, 0.2) is 18.3 Å². The standard InChI is InChI=1S/C17H18N8/c1-17(2,3)14-8-20-21-25(14)23-11-19-16-12-6-4-5-7-13(12)22-10-18-9-15(22)24(16)23/h4-10H,11H2,1-3H3. The van der Waals surface area contributed by atoms with Crippen molar-refractivity contribution in [1.82, 2.24) is 24.7 Å². The van der Waals surface area contributed by atoms with Crippen LogP contribution in [0.15, 0.2) is 48.0 Å². The lowest BCUT2D eigenvalue weighted by molar-refractivity contribution is 0.461. The van der Waals surface area contributed by atoms with Crippen LogP contribution in [0, 0.1) is 0 Å². The molecule has 0 saturated carbocycles. The summed E-state index contributed by atoms with van der Waals surface area (Å²) in [5.74, 6) is 1.84. The first-order valence-electron chi connectivity index (χ1n) is 8.21. The van der Waals surface area contributed by atoms with Crippen molar-refractivity contribution in [3.05, 3.63) is 54.2 Å². The van der Waals surface area contributed by atoms with Crippen molar-refractivity contribution in [1.29, 1.82) is 0 Å². The SMILES string of the molecule is CC(C)(C)c1cnnn1N1CN=C2c3ccccc3-n3cncc3N21. The topological polar surface area (TPSA) is 67.4 Å². The van der Waals surface area contributed by atoms with Gasteiger partial charge in [-0.3, -0.25) is 4.57 Å². The predicted molar refractivity (Wildman–Crippen MR) is 94.4 cm³/mol. The van der Waals surface area contributed by atoms with Crippen LogP contribution in [0.4, 0.5) is 5.82 Å². The van der Waals surface area contributed by atoms with Crippen LogP contribution in [-0.2, 0) is 5.41 Å². The average molecular weight is 334 g/mol. The van der Waals surface area contributed by atoms with E-state index in [2.05, 4.69) is 57.8 Å². The summed E-state index contributed by atoms with van der Waals surface area (Å²) in [6, 6.07) is 8.22. The zero-order valence-electron chi connectivity index (χ0n) is 14.3. The number of rotatable bonds is 1. The van der Waals surface area contributed by atoms with Gasteiger partial charge in [-0.2, -0.15) is 10.1 Å². The summed E-state index contributed by atoms with van der Waals surface area (Å²) in [5, 5.41) is 12.5. The minimum Gasteiger partial charge on any atom is -0.283 e. The summed E-state index contributed by atoms with van der Waals surface area (Å²) in [6.45, 7) is 6.92. The molecule has 8 nitrogen and oxygen atoms in total. The van der Waals surface area contributed by atoms with Crippen molar-refractivity contribution in [2.75, 3.05) is 16.8 Å². The molecule has 1 aromatic carbocycles. The van der Waals surface area contributed by atoms with E-state index in [-0.39, 0.29) is 5.41 Å². The number of anilines is 1. The maximum absolute atomic E-state index is 4.78. The number of fused-ring (bicyclic) bond motifs is 6. The number of imidazole rings is 1. The van der Waals surface area contributed by atoms with Crippen molar-refractivity contribution in [2.24, 2.45) is 4.99 Å². The molecule has 0 bridgehead atoms. The highest BCUT2D eigenvalue weighted by molar-refractivity contribution is 6.15. The van der Waals surface area contributed by atoms with E-state index in [0.717, 1.165) is 28.6 Å². The summed E-state index contributed by atoms with van der Waals surface area (Å²) in [6.07, 6.45) is 5.48. The van der Waals surface area contributed by atoms with E-state index in [1.165, 1.54) is 0 Å². The van der Waals surface area contributed by atoms with Crippen LogP contribution in [0.2, 0.25) is 0 Å². The Kier molecular flexibility index (Phi) is 2.66. The highest BCUT2D eigenvalue weighted by Crippen LogP contribution is 2.34. The molecule has 4 heterocycles. The lowest BCUT2D eigenvalue weighted by Crippen LogP contribution is -2.52. The Bertz CT molecular complexity index is 990. The van der Waals surface area contributed by atoms with Gasteiger partial charge in [0, 0.05) is 11.0 Å². The molecule has 0 saturated heterocycles. The Morgan fingerprint density at radius 1 is 1.08 bits per heavy atom. The number of aromatic nitrogens is 5. The maximum atomic E-state index is 4.78. The Morgan fingerprint density at radius 3 is 2.76 bits per heavy atom. The molecule has 0 aliphatic carbocycles. The van der Waals surface area contributed by atoms with Crippen LogP contribution in [0.3, 0.4) is 0 Å². The molecular weight excluding hydrogens is 316 g/mol. The molecule has 0 N–H and O–H groups in total. The summed E-state index contributed by atoms with van der Waals surface area (Å²) in [5.41, 5.74) is 3.10. The second kappa shape index (κ2) is 4.69. The highest BCUT2D eigenvalue weighted by Gasteiger charge is 2.38. The van der Waals surface area contributed by atoms with E-state index in [1.807, 2.05) is 40.8 Å². The molecule has 2 aromatic heterocycles. The normalized spacial score (nSPS) is 15.7. The third-order valence-corrected chi connectivity index (χ3v) is 4.54. The molecule has 25 heavy (non-hydrogen) atoms. The molecular formula is C17H18N8. The summed E-state index contributed by atoms with van der Waals surface area (Å²) in [4.78, 5) is 11.0. The van der Waals surface area contributed by atoms with Crippen LogP contribution in [0.1, 0.15) is 32.0 Å². The molecule has 0 unspecified atom stereocenters. The van der Waals surface area contributed by atoms with Gasteiger partial charge in [0.1, 0.15) is 6.33 Å². The summed E-state index contributed by atoms with van der Waals surface area (Å²) in [7, 11) is 0. The minimum atomic E-state index is -0.0831. The molecule has 8 heteroatoms. The Morgan fingerprint density at radius 2 is 1.92 bits per heavy atom. The van der Waals surface area contributed by atoms with Gasteiger partial charge in [-0.25, -0.2) is 9.98 Å². The monoisotopic (exact) mass is 334 g/mol. The van der Waals surface area contributed by atoms with E-state index in [9.17, 15) is 0 Å². The molecule has 3 aromatic rings. The zero-order valence-corrected chi connectivity index (χ0v) is 14.3. The molecule has 5 rings (SSSR count). The molecule has 0 amide bonds.